The standard InChI is InChI=1S/C9H9IO3/c1-6(11)13-8-4-3-7(10)5-9(8)12-2/h3-5H,1-2H3. The van der Waals surface area contributed by atoms with Gasteiger partial charge in [0.15, 0.2) is 11.5 Å². The Labute approximate surface area is 90.2 Å². The maximum atomic E-state index is 10.7. The van der Waals surface area contributed by atoms with Crippen LogP contribution in [0.25, 0.3) is 0 Å². The molecule has 3 nitrogen and oxygen atoms in total. The van der Waals surface area contributed by atoms with Crippen LogP contribution in [0.3, 0.4) is 0 Å². The number of hydrogen-bond donors (Lipinski definition) is 0. The van der Waals surface area contributed by atoms with Crippen LogP contribution in [0.5, 0.6) is 11.5 Å². The second kappa shape index (κ2) is 4.45. The van der Waals surface area contributed by atoms with Crippen molar-refractivity contribution >= 4 is 28.6 Å². The zero-order valence-corrected chi connectivity index (χ0v) is 9.49. The molecule has 0 spiro atoms. The van der Waals surface area contributed by atoms with Crippen molar-refractivity contribution in [3.63, 3.8) is 0 Å². The average Bonchev–Trinajstić information content (AvgIpc) is 2.07. The van der Waals surface area contributed by atoms with Gasteiger partial charge in [0.1, 0.15) is 0 Å². The molecule has 0 aliphatic rings. The van der Waals surface area contributed by atoms with E-state index in [0.29, 0.717) is 11.5 Å². The number of rotatable bonds is 2. The Kier molecular flexibility index (Phi) is 3.53. The lowest BCUT2D eigenvalue weighted by atomic mass is 10.3. The van der Waals surface area contributed by atoms with Crippen molar-refractivity contribution < 1.29 is 14.3 Å². The Balaban J connectivity index is 2.99. The molecule has 4 heteroatoms. The highest BCUT2D eigenvalue weighted by atomic mass is 127. The summed E-state index contributed by atoms with van der Waals surface area (Å²) in [4.78, 5) is 10.7. The maximum Gasteiger partial charge on any atom is 0.308 e. The Bertz CT molecular complexity index is 323. The number of esters is 1. The number of hydrogen-bond acceptors (Lipinski definition) is 3. The predicted octanol–water partition coefficient (Wildman–Crippen LogP) is 2.23. The van der Waals surface area contributed by atoms with Crippen molar-refractivity contribution in [3.8, 4) is 11.5 Å². The zero-order chi connectivity index (χ0) is 9.84. The second-order valence-corrected chi connectivity index (χ2v) is 3.63. The van der Waals surface area contributed by atoms with Gasteiger partial charge in [-0.1, -0.05) is 0 Å². The van der Waals surface area contributed by atoms with E-state index in [4.69, 9.17) is 9.47 Å². The van der Waals surface area contributed by atoms with Crippen LogP contribution in [0.15, 0.2) is 18.2 Å². The lowest BCUT2D eigenvalue weighted by Crippen LogP contribution is -2.02. The summed E-state index contributed by atoms with van der Waals surface area (Å²) < 4.78 is 11.0. The molecule has 70 valence electrons. The van der Waals surface area contributed by atoms with Crippen LogP contribution < -0.4 is 9.47 Å². The van der Waals surface area contributed by atoms with Gasteiger partial charge < -0.3 is 9.47 Å². The molecule has 0 aromatic heterocycles. The van der Waals surface area contributed by atoms with E-state index in [1.807, 2.05) is 6.07 Å². The van der Waals surface area contributed by atoms with Gasteiger partial charge in [-0.3, -0.25) is 4.79 Å². The second-order valence-electron chi connectivity index (χ2n) is 2.39. The summed E-state index contributed by atoms with van der Waals surface area (Å²) >= 11 is 2.16. The lowest BCUT2D eigenvalue weighted by molar-refractivity contribution is -0.132. The van der Waals surface area contributed by atoms with Gasteiger partial charge in [-0.2, -0.15) is 0 Å². The average molecular weight is 292 g/mol. The molecular formula is C9H9IO3. The van der Waals surface area contributed by atoms with Gasteiger partial charge in [-0.25, -0.2) is 0 Å². The minimum Gasteiger partial charge on any atom is -0.493 e. The topological polar surface area (TPSA) is 35.5 Å². The van der Waals surface area contributed by atoms with E-state index >= 15 is 0 Å². The van der Waals surface area contributed by atoms with Gasteiger partial charge in [0.2, 0.25) is 0 Å². The third-order valence-corrected chi connectivity index (χ3v) is 2.05. The van der Waals surface area contributed by atoms with Crippen molar-refractivity contribution in [2.24, 2.45) is 0 Å². The molecular weight excluding hydrogens is 283 g/mol. The number of ether oxygens (including phenoxy) is 2. The highest BCUT2D eigenvalue weighted by Gasteiger charge is 2.06. The highest BCUT2D eigenvalue weighted by molar-refractivity contribution is 14.1. The first-order chi connectivity index (χ1) is 6.13. The van der Waals surface area contributed by atoms with E-state index < -0.39 is 0 Å². The van der Waals surface area contributed by atoms with Crippen molar-refractivity contribution in [1.82, 2.24) is 0 Å². The normalized spacial score (nSPS) is 9.46. The summed E-state index contributed by atoms with van der Waals surface area (Å²) in [5.41, 5.74) is 0. The Morgan fingerprint density at radius 3 is 2.62 bits per heavy atom. The summed E-state index contributed by atoms with van der Waals surface area (Å²) in [5.74, 6) is 0.678. The van der Waals surface area contributed by atoms with Gasteiger partial charge in [0.25, 0.3) is 0 Å². The van der Waals surface area contributed by atoms with Crippen LogP contribution in [0.4, 0.5) is 0 Å². The first-order valence-electron chi connectivity index (χ1n) is 3.65. The monoisotopic (exact) mass is 292 g/mol. The molecule has 0 N–H and O–H groups in total. The van der Waals surface area contributed by atoms with Gasteiger partial charge in [0.05, 0.1) is 7.11 Å². The Morgan fingerprint density at radius 2 is 2.08 bits per heavy atom. The first kappa shape index (κ1) is 10.3. The van der Waals surface area contributed by atoms with E-state index in [9.17, 15) is 4.79 Å². The van der Waals surface area contributed by atoms with Crippen molar-refractivity contribution in [3.05, 3.63) is 21.8 Å². The fourth-order valence-corrected chi connectivity index (χ4v) is 1.34. The van der Waals surface area contributed by atoms with Gasteiger partial charge in [0, 0.05) is 10.5 Å². The summed E-state index contributed by atoms with van der Waals surface area (Å²) in [7, 11) is 1.54. The molecule has 0 radical (unpaired) electrons. The first-order valence-corrected chi connectivity index (χ1v) is 4.73. The fraction of sp³-hybridized carbons (Fsp3) is 0.222. The quantitative estimate of drug-likeness (QED) is 0.476. The van der Waals surface area contributed by atoms with Crippen molar-refractivity contribution in [2.45, 2.75) is 6.92 Å². The maximum absolute atomic E-state index is 10.7. The van der Waals surface area contributed by atoms with E-state index in [-0.39, 0.29) is 5.97 Å². The third-order valence-electron chi connectivity index (χ3n) is 1.38. The highest BCUT2D eigenvalue weighted by Crippen LogP contribution is 2.28. The van der Waals surface area contributed by atoms with Crippen molar-refractivity contribution in [2.75, 3.05) is 7.11 Å². The fourth-order valence-electron chi connectivity index (χ4n) is 0.881. The van der Waals surface area contributed by atoms with Gasteiger partial charge in [-0.05, 0) is 40.8 Å². The summed E-state index contributed by atoms with van der Waals surface area (Å²) in [5, 5.41) is 0. The van der Waals surface area contributed by atoms with Crippen molar-refractivity contribution in [1.29, 1.82) is 0 Å². The predicted molar refractivity (Wildman–Crippen MR) is 57.0 cm³/mol. The molecule has 0 heterocycles. The molecule has 0 saturated heterocycles. The summed E-state index contributed by atoms with van der Waals surface area (Å²) in [6, 6.07) is 5.36. The van der Waals surface area contributed by atoms with Crippen LogP contribution in [0, 0.1) is 3.57 Å². The minimum absolute atomic E-state index is 0.348. The van der Waals surface area contributed by atoms with Crippen LogP contribution in [-0.2, 0) is 4.79 Å². The zero-order valence-electron chi connectivity index (χ0n) is 7.33. The number of methoxy groups -OCH3 is 1. The molecule has 0 amide bonds. The molecule has 1 aromatic rings. The molecule has 0 aliphatic carbocycles. The molecule has 1 aromatic carbocycles. The van der Waals surface area contributed by atoms with E-state index in [2.05, 4.69) is 22.6 Å². The molecule has 0 unspecified atom stereocenters. The van der Waals surface area contributed by atoms with Crippen LogP contribution in [0.1, 0.15) is 6.92 Å². The minimum atomic E-state index is -0.348. The number of carbonyl (C=O) groups excluding carboxylic acids is 1. The smallest absolute Gasteiger partial charge is 0.308 e. The van der Waals surface area contributed by atoms with Crippen LogP contribution in [0.2, 0.25) is 0 Å². The van der Waals surface area contributed by atoms with Crippen LogP contribution >= 0.6 is 22.6 Å². The molecule has 0 bridgehead atoms. The molecule has 1 rings (SSSR count). The Hall–Kier alpha value is -0.780. The van der Waals surface area contributed by atoms with Gasteiger partial charge >= 0.3 is 5.97 Å². The van der Waals surface area contributed by atoms with Crippen LogP contribution in [-0.4, -0.2) is 13.1 Å². The number of carbonyl (C=O) groups is 1. The SMILES string of the molecule is COc1cc(I)ccc1OC(C)=O. The van der Waals surface area contributed by atoms with E-state index in [1.165, 1.54) is 6.92 Å². The lowest BCUT2D eigenvalue weighted by Gasteiger charge is -2.07. The number of halogens is 1. The molecule has 13 heavy (non-hydrogen) atoms. The molecule has 0 fully saturated rings. The largest absolute Gasteiger partial charge is 0.493 e. The molecule has 0 saturated carbocycles. The summed E-state index contributed by atoms with van der Waals surface area (Å²) in [6.45, 7) is 1.36. The third kappa shape index (κ3) is 2.87. The molecule has 0 atom stereocenters. The van der Waals surface area contributed by atoms with E-state index in [0.717, 1.165) is 3.57 Å². The molecule has 0 aliphatic heterocycles. The number of benzene rings is 1. The van der Waals surface area contributed by atoms with Gasteiger partial charge in [-0.15, -0.1) is 0 Å². The Morgan fingerprint density at radius 1 is 1.38 bits per heavy atom. The summed E-state index contributed by atoms with van der Waals surface area (Å²) in [6.07, 6.45) is 0. The van der Waals surface area contributed by atoms with E-state index in [1.54, 1.807) is 19.2 Å².